The number of imidazole rings is 1. The molecule has 0 radical (unpaired) electrons. The molecule has 0 saturated heterocycles. The summed E-state index contributed by atoms with van der Waals surface area (Å²) in [7, 11) is 0. The summed E-state index contributed by atoms with van der Waals surface area (Å²) < 4.78 is 2.18. The van der Waals surface area contributed by atoms with Gasteiger partial charge in [-0.25, -0.2) is 4.98 Å². The van der Waals surface area contributed by atoms with Crippen LogP contribution < -0.4 is 0 Å². The van der Waals surface area contributed by atoms with Crippen LogP contribution >= 0.6 is 11.8 Å². The smallest absolute Gasteiger partial charge is 0.168 e. The fraction of sp³-hybridized carbons (Fsp3) is 0.231. The molecule has 0 aliphatic carbocycles. The molecule has 1 aromatic heterocycles. The van der Waals surface area contributed by atoms with Crippen molar-refractivity contribution >= 4 is 11.8 Å². The Morgan fingerprint density at radius 2 is 2.18 bits per heavy atom. The van der Waals surface area contributed by atoms with E-state index < -0.39 is 0 Å². The lowest BCUT2D eigenvalue weighted by Gasteiger charge is -2.03. The maximum absolute atomic E-state index is 8.94. The van der Waals surface area contributed by atoms with E-state index in [0.29, 0.717) is 6.42 Å². The van der Waals surface area contributed by atoms with E-state index in [4.69, 9.17) is 5.26 Å². The first kappa shape index (κ1) is 10.4. The fourth-order valence-corrected chi connectivity index (χ4v) is 3.08. The molecule has 2 aromatic rings. The summed E-state index contributed by atoms with van der Waals surface area (Å²) in [5, 5.41) is 9.99. The molecule has 0 fully saturated rings. The highest BCUT2D eigenvalue weighted by atomic mass is 32.2. The quantitative estimate of drug-likeness (QED) is 0.811. The van der Waals surface area contributed by atoms with Crippen LogP contribution in [0.2, 0.25) is 0 Å². The summed E-state index contributed by atoms with van der Waals surface area (Å²) in [5.41, 5.74) is 3.12. The summed E-state index contributed by atoms with van der Waals surface area (Å²) in [5.74, 6) is 1.07. The van der Waals surface area contributed by atoms with Gasteiger partial charge in [0.15, 0.2) is 5.16 Å². The molecular formula is C13H11N3S. The average Bonchev–Trinajstić information content (AvgIpc) is 2.93. The first-order valence-corrected chi connectivity index (χ1v) is 6.53. The highest BCUT2D eigenvalue weighted by Crippen LogP contribution is 2.33. The van der Waals surface area contributed by atoms with Crippen molar-refractivity contribution in [1.29, 1.82) is 5.26 Å². The predicted octanol–water partition coefficient (Wildman–Crippen LogP) is 2.72. The third-order valence-corrected chi connectivity index (χ3v) is 3.83. The van der Waals surface area contributed by atoms with Crippen LogP contribution in [-0.2, 0) is 13.0 Å². The lowest BCUT2D eigenvalue weighted by molar-refractivity contribution is 0.690. The number of thioether (sulfide) groups is 1. The van der Waals surface area contributed by atoms with Gasteiger partial charge in [0, 0.05) is 17.9 Å². The second kappa shape index (κ2) is 4.27. The SMILES string of the molecule is N#CCc1c(-c2ccccc2)nc2n1CCS2. The van der Waals surface area contributed by atoms with Gasteiger partial charge < -0.3 is 4.57 Å². The van der Waals surface area contributed by atoms with Crippen LogP contribution in [0.3, 0.4) is 0 Å². The zero-order valence-electron chi connectivity index (χ0n) is 9.26. The molecule has 4 heteroatoms. The number of fused-ring (bicyclic) bond motifs is 1. The number of nitriles is 1. The minimum Gasteiger partial charge on any atom is -0.321 e. The summed E-state index contributed by atoms with van der Waals surface area (Å²) in [6.07, 6.45) is 0.428. The van der Waals surface area contributed by atoms with Gasteiger partial charge in [-0.15, -0.1) is 0 Å². The first-order chi connectivity index (χ1) is 8.40. The van der Waals surface area contributed by atoms with Crippen molar-refractivity contribution in [3.63, 3.8) is 0 Å². The van der Waals surface area contributed by atoms with Crippen molar-refractivity contribution < 1.29 is 0 Å². The van der Waals surface area contributed by atoms with E-state index >= 15 is 0 Å². The van der Waals surface area contributed by atoms with Gasteiger partial charge in [-0.05, 0) is 0 Å². The number of rotatable bonds is 2. The van der Waals surface area contributed by atoms with Crippen LogP contribution in [0.5, 0.6) is 0 Å². The molecule has 0 unspecified atom stereocenters. The second-order valence-corrected chi connectivity index (χ2v) is 4.95. The maximum atomic E-state index is 8.94. The van der Waals surface area contributed by atoms with E-state index in [9.17, 15) is 0 Å². The Hall–Kier alpha value is -1.73. The summed E-state index contributed by atoms with van der Waals surface area (Å²) in [6.45, 7) is 0.969. The molecule has 1 aliphatic heterocycles. The van der Waals surface area contributed by atoms with Crippen molar-refractivity contribution in [3.8, 4) is 17.3 Å². The van der Waals surface area contributed by atoms with Crippen molar-refractivity contribution in [3.05, 3.63) is 36.0 Å². The number of benzene rings is 1. The summed E-state index contributed by atoms with van der Waals surface area (Å²) >= 11 is 1.77. The molecule has 0 spiro atoms. The molecule has 84 valence electrons. The van der Waals surface area contributed by atoms with Gasteiger partial charge in [-0.2, -0.15) is 5.26 Å². The summed E-state index contributed by atoms with van der Waals surface area (Å²) in [6, 6.07) is 12.3. The van der Waals surface area contributed by atoms with Crippen LogP contribution in [0, 0.1) is 11.3 Å². The zero-order chi connectivity index (χ0) is 11.7. The Bertz CT molecular complexity index is 581. The van der Waals surface area contributed by atoms with Crippen LogP contribution in [0.1, 0.15) is 5.69 Å². The molecular weight excluding hydrogens is 230 g/mol. The largest absolute Gasteiger partial charge is 0.321 e. The molecule has 17 heavy (non-hydrogen) atoms. The number of hydrogen-bond donors (Lipinski definition) is 0. The maximum Gasteiger partial charge on any atom is 0.168 e. The Morgan fingerprint density at radius 3 is 2.94 bits per heavy atom. The highest BCUT2D eigenvalue weighted by molar-refractivity contribution is 7.99. The molecule has 0 bridgehead atoms. The normalized spacial score (nSPS) is 13.4. The van der Waals surface area contributed by atoms with Gasteiger partial charge in [-0.3, -0.25) is 0 Å². The molecule has 0 saturated carbocycles. The standard InChI is InChI=1S/C13H11N3S/c14-7-6-11-12(10-4-2-1-3-5-10)15-13-16(11)8-9-17-13/h1-5H,6,8-9H2. The van der Waals surface area contributed by atoms with Crippen molar-refractivity contribution in [2.24, 2.45) is 0 Å². The monoisotopic (exact) mass is 241 g/mol. The third-order valence-electron chi connectivity index (χ3n) is 2.88. The van der Waals surface area contributed by atoms with Gasteiger partial charge in [0.25, 0.3) is 0 Å². The highest BCUT2D eigenvalue weighted by Gasteiger charge is 2.21. The van der Waals surface area contributed by atoms with E-state index in [1.54, 1.807) is 11.8 Å². The van der Waals surface area contributed by atoms with Crippen molar-refractivity contribution in [2.75, 3.05) is 5.75 Å². The molecule has 1 aromatic carbocycles. The van der Waals surface area contributed by atoms with Gasteiger partial charge in [0.1, 0.15) is 0 Å². The number of aromatic nitrogens is 2. The van der Waals surface area contributed by atoms with E-state index in [1.165, 1.54) is 0 Å². The van der Waals surface area contributed by atoms with Gasteiger partial charge in [0.2, 0.25) is 0 Å². The Morgan fingerprint density at radius 1 is 1.35 bits per heavy atom. The van der Waals surface area contributed by atoms with Crippen LogP contribution in [-0.4, -0.2) is 15.3 Å². The van der Waals surface area contributed by atoms with Crippen LogP contribution in [0.4, 0.5) is 0 Å². The molecule has 1 aliphatic rings. The molecule has 3 rings (SSSR count). The Kier molecular flexibility index (Phi) is 2.62. The first-order valence-electron chi connectivity index (χ1n) is 5.54. The van der Waals surface area contributed by atoms with Gasteiger partial charge >= 0.3 is 0 Å². The number of nitrogens with zero attached hydrogens (tertiary/aromatic N) is 3. The molecule has 0 amide bonds. The lowest BCUT2D eigenvalue weighted by Crippen LogP contribution is -2.00. The van der Waals surface area contributed by atoms with Crippen molar-refractivity contribution in [1.82, 2.24) is 9.55 Å². The van der Waals surface area contributed by atoms with Crippen LogP contribution in [0.15, 0.2) is 35.5 Å². The fourth-order valence-electron chi connectivity index (χ4n) is 2.11. The zero-order valence-corrected chi connectivity index (χ0v) is 10.1. The molecule has 0 N–H and O–H groups in total. The average molecular weight is 241 g/mol. The van der Waals surface area contributed by atoms with Gasteiger partial charge in [-0.1, -0.05) is 42.1 Å². The minimum absolute atomic E-state index is 0.428. The minimum atomic E-state index is 0.428. The lowest BCUT2D eigenvalue weighted by atomic mass is 10.1. The van der Waals surface area contributed by atoms with Gasteiger partial charge in [0.05, 0.1) is 23.9 Å². The third kappa shape index (κ3) is 1.73. The van der Waals surface area contributed by atoms with E-state index in [0.717, 1.165) is 34.4 Å². The van der Waals surface area contributed by atoms with Crippen molar-refractivity contribution in [2.45, 2.75) is 18.1 Å². The Labute approximate surface area is 104 Å². The molecule has 2 heterocycles. The molecule has 3 nitrogen and oxygen atoms in total. The number of hydrogen-bond acceptors (Lipinski definition) is 3. The molecule has 0 atom stereocenters. The summed E-state index contributed by atoms with van der Waals surface area (Å²) in [4.78, 5) is 4.65. The topological polar surface area (TPSA) is 41.6 Å². The van der Waals surface area contributed by atoms with Crippen LogP contribution in [0.25, 0.3) is 11.3 Å². The van der Waals surface area contributed by atoms with E-state index in [2.05, 4.69) is 15.6 Å². The van der Waals surface area contributed by atoms with E-state index in [1.807, 2.05) is 30.3 Å². The Balaban J connectivity index is 2.15. The van der Waals surface area contributed by atoms with E-state index in [-0.39, 0.29) is 0 Å². The predicted molar refractivity (Wildman–Crippen MR) is 67.7 cm³/mol. The second-order valence-electron chi connectivity index (χ2n) is 3.89.